The largest absolute Gasteiger partial charge is 0.433 e. The van der Waals surface area contributed by atoms with E-state index < -0.39 is 12.6 Å². The summed E-state index contributed by atoms with van der Waals surface area (Å²) in [5.74, 6) is -0.0697. The number of carbonyl (C=O) groups is 1. The minimum atomic E-state index is -2.95. The monoisotopic (exact) mass is 310 g/mol. The Balaban J connectivity index is 1.93. The van der Waals surface area contributed by atoms with Crippen LogP contribution in [0.1, 0.15) is 5.56 Å². The van der Waals surface area contributed by atoms with E-state index in [1.54, 1.807) is 42.3 Å². The molecular weight excluding hydrogens is 294 g/mol. The van der Waals surface area contributed by atoms with Crippen LogP contribution in [0, 0.1) is 6.92 Å². The molecule has 0 aliphatic carbocycles. The second-order valence-corrected chi connectivity index (χ2v) is 4.51. The third-order valence-corrected chi connectivity index (χ3v) is 2.90. The summed E-state index contributed by atoms with van der Waals surface area (Å²) in [5.41, 5.74) is 0.853. The maximum atomic E-state index is 12.4. The highest BCUT2D eigenvalue weighted by molar-refractivity contribution is 5.91. The van der Waals surface area contributed by atoms with Gasteiger partial charge in [0.1, 0.15) is 5.75 Å². The summed E-state index contributed by atoms with van der Waals surface area (Å²) in [4.78, 5) is 15.7. The molecule has 0 aliphatic heterocycles. The molecule has 0 unspecified atom stereocenters. The molecular formula is C14H16F2N4O2. The standard InChI is InChI=1S/C14H16F2N4O2/c1-10-3-2-4-11(22-13(15)16)12(10)19-14(21)18-6-8-20-7-5-17-9-20/h2-5,7,9,13H,6,8H2,1H3,(H2,18,19,21). The fraction of sp³-hybridized carbons (Fsp3) is 0.286. The molecule has 2 aromatic rings. The summed E-state index contributed by atoms with van der Waals surface area (Å²) < 4.78 is 30.9. The summed E-state index contributed by atoms with van der Waals surface area (Å²) >= 11 is 0. The van der Waals surface area contributed by atoms with Gasteiger partial charge >= 0.3 is 12.6 Å². The summed E-state index contributed by atoms with van der Waals surface area (Å²) in [5, 5.41) is 5.17. The molecule has 0 fully saturated rings. The van der Waals surface area contributed by atoms with Crippen LogP contribution in [0.3, 0.4) is 0 Å². The lowest BCUT2D eigenvalue weighted by molar-refractivity contribution is -0.0493. The van der Waals surface area contributed by atoms with E-state index in [0.717, 1.165) is 0 Å². The van der Waals surface area contributed by atoms with E-state index in [1.807, 2.05) is 0 Å². The number of halogens is 2. The number of rotatable bonds is 6. The van der Waals surface area contributed by atoms with Crippen LogP contribution in [-0.2, 0) is 6.54 Å². The first kappa shape index (κ1) is 15.7. The number of amides is 2. The van der Waals surface area contributed by atoms with Crippen molar-refractivity contribution in [2.45, 2.75) is 20.1 Å². The lowest BCUT2D eigenvalue weighted by Gasteiger charge is -2.14. The van der Waals surface area contributed by atoms with Crippen LogP contribution in [0.5, 0.6) is 5.75 Å². The molecule has 0 atom stereocenters. The van der Waals surface area contributed by atoms with E-state index in [4.69, 9.17) is 0 Å². The molecule has 0 bridgehead atoms. The molecule has 22 heavy (non-hydrogen) atoms. The van der Waals surface area contributed by atoms with Gasteiger partial charge in [-0.05, 0) is 18.6 Å². The Hall–Kier alpha value is -2.64. The number of benzene rings is 1. The van der Waals surface area contributed by atoms with Crippen molar-refractivity contribution >= 4 is 11.7 Å². The van der Waals surface area contributed by atoms with Gasteiger partial charge < -0.3 is 19.9 Å². The molecule has 0 saturated heterocycles. The van der Waals surface area contributed by atoms with Gasteiger partial charge in [-0.15, -0.1) is 0 Å². The highest BCUT2D eigenvalue weighted by Crippen LogP contribution is 2.29. The normalized spacial score (nSPS) is 10.5. The van der Waals surface area contributed by atoms with E-state index in [-0.39, 0.29) is 11.4 Å². The second-order valence-electron chi connectivity index (χ2n) is 4.51. The highest BCUT2D eigenvalue weighted by atomic mass is 19.3. The Bertz CT molecular complexity index is 617. The van der Waals surface area contributed by atoms with Gasteiger partial charge in [0.15, 0.2) is 0 Å². The van der Waals surface area contributed by atoms with Gasteiger partial charge in [-0.1, -0.05) is 12.1 Å². The van der Waals surface area contributed by atoms with Crippen molar-refractivity contribution in [3.05, 3.63) is 42.5 Å². The number of aryl methyl sites for hydroxylation is 1. The average molecular weight is 310 g/mol. The minimum absolute atomic E-state index is 0.0697. The van der Waals surface area contributed by atoms with Gasteiger partial charge in [-0.2, -0.15) is 8.78 Å². The van der Waals surface area contributed by atoms with Gasteiger partial charge in [-0.25, -0.2) is 9.78 Å². The Labute approximate surface area is 126 Å². The first-order valence-corrected chi connectivity index (χ1v) is 6.61. The molecule has 2 rings (SSSR count). The number of aromatic nitrogens is 2. The Kier molecular flexibility index (Phi) is 5.29. The van der Waals surface area contributed by atoms with Crippen molar-refractivity contribution in [1.29, 1.82) is 0 Å². The topological polar surface area (TPSA) is 68.2 Å². The predicted molar refractivity (Wildman–Crippen MR) is 77.1 cm³/mol. The minimum Gasteiger partial charge on any atom is -0.433 e. The predicted octanol–water partition coefficient (Wildman–Crippen LogP) is 2.61. The highest BCUT2D eigenvalue weighted by Gasteiger charge is 2.13. The number of nitrogens with one attached hydrogen (secondary N) is 2. The summed E-state index contributed by atoms with van der Waals surface area (Å²) in [7, 11) is 0. The van der Waals surface area contributed by atoms with Gasteiger partial charge in [0.05, 0.1) is 12.0 Å². The fourth-order valence-corrected chi connectivity index (χ4v) is 1.87. The average Bonchev–Trinajstić information content (AvgIpc) is 2.95. The molecule has 0 radical (unpaired) electrons. The molecule has 2 amide bonds. The molecule has 1 heterocycles. The first-order chi connectivity index (χ1) is 10.6. The summed E-state index contributed by atoms with van der Waals surface area (Å²) in [6.07, 6.45) is 5.05. The molecule has 8 heteroatoms. The zero-order valence-electron chi connectivity index (χ0n) is 11.9. The Morgan fingerprint density at radius 2 is 2.27 bits per heavy atom. The SMILES string of the molecule is Cc1cccc(OC(F)F)c1NC(=O)NCCn1ccnc1. The lowest BCUT2D eigenvalue weighted by atomic mass is 10.2. The molecule has 2 N–H and O–H groups in total. The summed E-state index contributed by atoms with van der Waals surface area (Å²) in [6.45, 7) is -0.327. The molecule has 1 aromatic carbocycles. The maximum Gasteiger partial charge on any atom is 0.387 e. The number of imidazole rings is 1. The van der Waals surface area contributed by atoms with Crippen LogP contribution in [0.4, 0.5) is 19.3 Å². The van der Waals surface area contributed by atoms with Crippen LogP contribution in [0.15, 0.2) is 36.9 Å². The van der Waals surface area contributed by atoms with Crippen molar-refractivity contribution in [1.82, 2.24) is 14.9 Å². The zero-order chi connectivity index (χ0) is 15.9. The Morgan fingerprint density at radius 3 is 2.95 bits per heavy atom. The number of carbonyl (C=O) groups excluding carboxylic acids is 1. The van der Waals surface area contributed by atoms with Gasteiger partial charge in [0.25, 0.3) is 0 Å². The molecule has 1 aromatic heterocycles. The van der Waals surface area contributed by atoms with Crippen LogP contribution in [-0.4, -0.2) is 28.7 Å². The molecule has 6 nitrogen and oxygen atoms in total. The molecule has 0 aliphatic rings. The van der Waals surface area contributed by atoms with E-state index in [2.05, 4.69) is 20.4 Å². The lowest BCUT2D eigenvalue weighted by Crippen LogP contribution is -2.31. The number of nitrogens with zero attached hydrogens (tertiary/aromatic N) is 2. The van der Waals surface area contributed by atoms with E-state index >= 15 is 0 Å². The van der Waals surface area contributed by atoms with E-state index in [9.17, 15) is 13.6 Å². The first-order valence-electron chi connectivity index (χ1n) is 6.61. The van der Waals surface area contributed by atoms with Crippen molar-refractivity contribution in [2.24, 2.45) is 0 Å². The molecule has 0 spiro atoms. The van der Waals surface area contributed by atoms with Crippen molar-refractivity contribution < 1.29 is 18.3 Å². The zero-order valence-corrected chi connectivity index (χ0v) is 11.9. The van der Waals surface area contributed by atoms with Gasteiger partial charge in [0, 0.05) is 25.5 Å². The van der Waals surface area contributed by atoms with E-state index in [0.29, 0.717) is 18.7 Å². The van der Waals surface area contributed by atoms with Gasteiger partial charge in [-0.3, -0.25) is 0 Å². The van der Waals surface area contributed by atoms with Crippen LogP contribution in [0.25, 0.3) is 0 Å². The Morgan fingerprint density at radius 1 is 1.45 bits per heavy atom. The number of hydrogen-bond acceptors (Lipinski definition) is 3. The maximum absolute atomic E-state index is 12.4. The summed E-state index contributed by atoms with van der Waals surface area (Å²) in [6, 6.07) is 4.16. The number of hydrogen-bond donors (Lipinski definition) is 2. The smallest absolute Gasteiger partial charge is 0.387 e. The van der Waals surface area contributed by atoms with Crippen LogP contribution >= 0.6 is 0 Å². The fourth-order valence-electron chi connectivity index (χ4n) is 1.87. The van der Waals surface area contributed by atoms with Crippen LogP contribution in [0.2, 0.25) is 0 Å². The molecule has 0 saturated carbocycles. The third-order valence-electron chi connectivity index (χ3n) is 2.90. The number of alkyl halides is 2. The van der Waals surface area contributed by atoms with Crippen molar-refractivity contribution in [3.8, 4) is 5.75 Å². The second kappa shape index (κ2) is 7.39. The number of ether oxygens (including phenoxy) is 1. The number of para-hydroxylation sites is 1. The number of anilines is 1. The third kappa shape index (κ3) is 4.44. The number of urea groups is 1. The quantitative estimate of drug-likeness (QED) is 0.862. The van der Waals surface area contributed by atoms with Gasteiger partial charge in [0.2, 0.25) is 0 Å². The van der Waals surface area contributed by atoms with Crippen molar-refractivity contribution in [3.63, 3.8) is 0 Å². The molecule has 118 valence electrons. The van der Waals surface area contributed by atoms with E-state index in [1.165, 1.54) is 6.07 Å². The van der Waals surface area contributed by atoms with Crippen LogP contribution < -0.4 is 15.4 Å². The van der Waals surface area contributed by atoms with Crippen molar-refractivity contribution in [2.75, 3.05) is 11.9 Å².